The van der Waals surface area contributed by atoms with Crippen molar-refractivity contribution < 1.29 is 23.4 Å². The summed E-state index contributed by atoms with van der Waals surface area (Å²) in [5.41, 5.74) is 3.21. The van der Waals surface area contributed by atoms with Gasteiger partial charge < -0.3 is 9.84 Å². The number of aliphatic carboxylic acids is 1. The molecular formula is C16H20F2O3Si. The highest BCUT2D eigenvalue weighted by molar-refractivity contribution is 6.83. The SMILES string of the molecule is CC(Oc1ccc(C#C[Si](C)(C)C)cc1C(C)(F)F)C(=O)O. The quantitative estimate of drug-likeness (QED) is 0.675. The van der Waals surface area contributed by atoms with Crippen LogP contribution in [-0.4, -0.2) is 25.3 Å². The van der Waals surface area contributed by atoms with Gasteiger partial charge in [-0.15, -0.1) is 5.54 Å². The zero-order valence-electron chi connectivity index (χ0n) is 13.3. The van der Waals surface area contributed by atoms with Crippen LogP contribution in [0.15, 0.2) is 18.2 Å². The number of rotatable bonds is 4. The zero-order valence-corrected chi connectivity index (χ0v) is 14.3. The molecule has 0 aliphatic heterocycles. The lowest BCUT2D eigenvalue weighted by molar-refractivity contribution is -0.144. The van der Waals surface area contributed by atoms with Crippen LogP contribution in [0.1, 0.15) is 25.0 Å². The molecule has 1 aromatic rings. The Morgan fingerprint density at radius 1 is 1.36 bits per heavy atom. The Morgan fingerprint density at radius 2 is 1.95 bits per heavy atom. The first-order valence-corrected chi connectivity index (χ1v) is 10.3. The van der Waals surface area contributed by atoms with E-state index in [4.69, 9.17) is 9.84 Å². The monoisotopic (exact) mass is 326 g/mol. The van der Waals surface area contributed by atoms with Crippen LogP contribution in [0.2, 0.25) is 19.6 Å². The van der Waals surface area contributed by atoms with Gasteiger partial charge in [0.15, 0.2) is 6.10 Å². The Labute approximate surface area is 130 Å². The number of hydrogen-bond donors (Lipinski definition) is 1. The van der Waals surface area contributed by atoms with Crippen LogP contribution in [0.25, 0.3) is 0 Å². The van der Waals surface area contributed by atoms with Gasteiger partial charge in [-0.05, 0) is 25.1 Å². The van der Waals surface area contributed by atoms with Crippen molar-refractivity contribution in [3.05, 3.63) is 29.3 Å². The summed E-state index contributed by atoms with van der Waals surface area (Å²) in [6, 6.07) is 4.17. The molecule has 3 nitrogen and oxygen atoms in total. The molecule has 0 saturated heterocycles. The summed E-state index contributed by atoms with van der Waals surface area (Å²) in [4.78, 5) is 10.8. The van der Waals surface area contributed by atoms with Crippen molar-refractivity contribution in [1.82, 2.24) is 0 Å². The second kappa shape index (κ2) is 6.49. The van der Waals surface area contributed by atoms with Gasteiger partial charge in [-0.2, -0.15) is 0 Å². The first-order valence-electron chi connectivity index (χ1n) is 6.85. The zero-order chi connectivity index (χ0) is 17.1. The Hall–Kier alpha value is -1.87. The van der Waals surface area contributed by atoms with Crippen LogP contribution in [-0.2, 0) is 10.7 Å². The summed E-state index contributed by atoms with van der Waals surface area (Å²) >= 11 is 0. The van der Waals surface area contributed by atoms with E-state index in [2.05, 4.69) is 31.1 Å². The summed E-state index contributed by atoms with van der Waals surface area (Å²) in [7, 11) is -1.62. The molecule has 0 saturated carbocycles. The first kappa shape index (κ1) is 18.2. The molecule has 22 heavy (non-hydrogen) atoms. The molecule has 0 aliphatic rings. The summed E-state index contributed by atoms with van der Waals surface area (Å²) in [5, 5.41) is 8.84. The lowest BCUT2D eigenvalue weighted by Gasteiger charge is -2.18. The smallest absolute Gasteiger partial charge is 0.344 e. The lowest BCUT2D eigenvalue weighted by atomic mass is 10.1. The Bertz CT molecular complexity index is 619. The molecule has 0 fully saturated rings. The molecule has 0 bridgehead atoms. The summed E-state index contributed by atoms with van der Waals surface area (Å²) in [5.74, 6) is -1.59. The normalized spacial score (nSPS) is 13.0. The molecule has 0 radical (unpaired) electrons. The second-order valence-electron chi connectivity index (χ2n) is 6.20. The molecule has 120 valence electrons. The van der Waals surface area contributed by atoms with Crippen molar-refractivity contribution in [3.8, 4) is 17.2 Å². The van der Waals surface area contributed by atoms with Gasteiger partial charge in [-0.1, -0.05) is 25.6 Å². The van der Waals surface area contributed by atoms with E-state index in [-0.39, 0.29) is 11.3 Å². The number of alkyl halides is 2. The van der Waals surface area contributed by atoms with Crippen molar-refractivity contribution in [2.24, 2.45) is 0 Å². The van der Waals surface area contributed by atoms with Gasteiger partial charge in [0.1, 0.15) is 13.8 Å². The van der Waals surface area contributed by atoms with E-state index >= 15 is 0 Å². The molecule has 0 aromatic heterocycles. The minimum absolute atomic E-state index is 0.138. The standard InChI is InChI=1S/C16H20F2O3Si/c1-11(15(19)20)21-14-7-6-12(8-9-22(3,4)5)10-13(14)16(2,17)18/h6-7,10-11H,1-5H3,(H,19,20). The van der Waals surface area contributed by atoms with Gasteiger partial charge in [0, 0.05) is 12.5 Å². The highest BCUT2D eigenvalue weighted by Crippen LogP contribution is 2.35. The van der Waals surface area contributed by atoms with E-state index in [1.54, 1.807) is 6.07 Å². The van der Waals surface area contributed by atoms with E-state index in [0.29, 0.717) is 5.56 Å². The number of carboxylic acid groups (broad SMARTS) is 1. The summed E-state index contributed by atoms with van der Waals surface area (Å²) in [6.07, 6.45) is -1.21. The average molecular weight is 326 g/mol. The van der Waals surface area contributed by atoms with Gasteiger partial charge in [-0.3, -0.25) is 0 Å². The van der Waals surface area contributed by atoms with Crippen molar-refractivity contribution in [3.63, 3.8) is 0 Å². The first-order chi connectivity index (χ1) is 9.90. The maximum Gasteiger partial charge on any atom is 0.344 e. The predicted molar refractivity (Wildman–Crippen MR) is 84.0 cm³/mol. The molecule has 0 aliphatic carbocycles. The second-order valence-corrected chi connectivity index (χ2v) is 10.9. The number of halogens is 2. The number of carboxylic acids is 1. The lowest BCUT2D eigenvalue weighted by Crippen LogP contribution is -2.24. The number of carbonyl (C=O) groups is 1. The Kier molecular flexibility index (Phi) is 5.36. The predicted octanol–water partition coefficient (Wildman–Crippen LogP) is 3.88. The van der Waals surface area contributed by atoms with Gasteiger partial charge in [0.2, 0.25) is 0 Å². The van der Waals surface area contributed by atoms with E-state index in [0.717, 1.165) is 6.92 Å². The fraction of sp³-hybridized carbons (Fsp3) is 0.438. The molecule has 0 heterocycles. The maximum atomic E-state index is 13.8. The van der Waals surface area contributed by atoms with Crippen molar-refractivity contribution >= 4 is 14.0 Å². The number of benzene rings is 1. The third kappa shape index (κ3) is 5.49. The number of ether oxygens (including phenoxy) is 1. The van der Waals surface area contributed by atoms with Crippen LogP contribution in [0.5, 0.6) is 5.75 Å². The molecule has 1 unspecified atom stereocenters. The average Bonchev–Trinajstić information content (AvgIpc) is 2.35. The third-order valence-electron chi connectivity index (χ3n) is 2.69. The van der Waals surface area contributed by atoms with Crippen LogP contribution < -0.4 is 4.74 Å². The van der Waals surface area contributed by atoms with Gasteiger partial charge in [0.05, 0.1) is 5.56 Å². The highest BCUT2D eigenvalue weighted by atomic mass is 28.3. The van der Waals surface area contributed by atoms with Crippen LogP contribution >= 0.6 is 0 Å². The van der Waals surface area contributed by atoms with Crippen LogP contribution in [0.3, 0.4) is 0 Å². The largest absolute Gasteiger partial charge is 0.479 e. The van der Waals surface area contributed by atoms with E-state index < -0.39 is 26.1 Å². The minimum Gasteiger partial charge on any atom is -0.479 e. The van der Waals surface area contributed by atoms with Crippen LogP contribution in [0, 0.1) is 11.5 Å². The molecule has 1 aromatic carbocycles. The molecule has 1 atom stereocenters. The summed E-state index contributed by atoms with van der Waals surface area (Å²) < 4.78 is 32.6. The molecule has 0 amide bonds. The Morgan fingerprint density at radius 3 is 2.41 bits per heavy atom. The molecule has 0 spiro atoms. The van der Waals surface area contributed by atoms with Gasteiger partial charge in [-0.25, -0.2) is 13.6 Å². The van der Waals surface area contributed by atoms with Gasteiger partial charge >= 0.3 is 5.97 Å². The van der Waals surface area contributed by atoms with Crippen LogP contribution in [0.4, 0.5) is 8.78 Å². The highest BCUT2D eigenvalue weighted by Gasteiger charge is 2.30. The van der Waals surface area contributed by atoms with E-state index in [9.17, 15) is 13.6 Å². The summed E-state index contributed by atoms with van der Waals surface area (Å²) in [6.45, 7) is 8.21. The molecule has 6 heteroatoms. The number of hydrogen-bond acceptors (Lipinski definition) is 2. The third-order valence-corrected chi connectivity index (χ3v) is 3.56. The molecule has 1 N–H and O–H groups in total. The maximum absolute atomic E-state index is 13.8. The van der Waals surface area contributed by atoms with Crippen molar-refractivity contribution in [1.29, 1.82) is 0 Å². The van der Waals surface area contributed by atoms with E-state index in [1.165, 1.54) is 19.1 Å². The minimum atomic E-state index is -3.15. The topological polar surface area (TPSA) is 46.5 Å². The fourth-order valence-electron chi connectivity index (χ4n) is 1.55. The van der Waals surface area contributed by atoms with E-state index in [1.807, 2.05) is 0 Å². The molecular weight excluding hydrogens is 306 g/mol. The van der Waals surface area contributed by atoms with Crippen molar-refractivity contribution in [2.75, 3.05) is 0 Å². The Balaban J connectivity index is 3.25. The molecule has 1 rings (SSSR count). The van der Waals surface area contributed by atoms with Gasteiger partial charge in [0.25, 0.3) is 5.92 Å². The fourth-order valence-corrected chi connectivity index (χ4v) is 2.07. The van der Waals surface area contributed by atoms with Crippen molar-refractivity contribution in [2.45, 2.75) is 45.5 Å².